The van der Waals surface area contributed by atoms with Crippen molar-refractivity contribution in [2.45, 2.75) is 27.2 Å². The largest absolute Gasteiger partial charge is 0.341 e. The van der Waals surface area contributed by atoms with Crippen LogP contribution in [-0.4, -0.2) is 30.9 Å². The van der Waals surface area contributed by atoms with E-state index in [0.29, 0.717) is 13.1 Å². The number of hydrogen-bond acceptors (Lipinski definition) is 2. The highest BCUT2D eigenvalue weighted by molar-refractivity contribution is 5.95. The molecule has 1 rings (SSSR count). The molecule has 0 bridgehead atoms. The van der Waals surface area contributed by atoms with Gasteiger partial charge >= 0.3 is 0 Å². The molecule has 1 aromatic carbocycles. The molecule has 19 heavy (non-hydrogen) atoms. The number of amides is 1. The van der Waals surface area contributed by atoms with Gasteiger partial charge in [0, 0.05) is 19.2 Å². The molecule has 0 aliphatic heterocycles. The molecule has 0 atom stereocenters. The van der Waals surface area contributed by atoms with Crippen molar-refractivity contribution in [2.75, 3.05) is 20.1 Å². The Morgan fingerprint density at radius 1 is 1.32 bits per heavy atom. The summed E-state index contributed by atoms with van der Waals surface area (Å²) in [5, 5.41) is 0. The van der Waals surface area contributed by atoms with Gasteiger partial charge in [-0.1, -0.05) is 39.0 Å². The van der Waals surface area contributed by atoms with E-state index < -0.39 is 0 Å². The quantitative estimate of drug-likeness (QED) is 0.904. The maximum absolute atomic E-state index is 12.4. The second-order valence-corrected chi connectivity index (χ2v) is 5.54. The van der Waals surface area contributed by atoms with Crippen molar-refractivity contribution in [3.05, 3.63) is 35.4 Å². The zero-order valence-electron chi connectivity index (χ0n) is 12.3. The van der Waals surface area contributed by atoms with Gasteiger partial charge in [-0.25, -0.2) is 0 Å². The fourth-order valence-corrected chi connectivity index (χ4v) is 2.02. The minimum absolute atomic E-state index is 0. The van der Waals surface area contributed by atoms with E-state index in [1.165, 1.54) is 0 Å². The SMILES string of the molecule is CCc1ccccc1C(=O)N(C)CC(C)(C)CN.Cl. The molecule has 0 unspecified atom stereocenters. The monoisotopic (exact) mass is 284 g/mol. The average molecular weight is 285 g/mol. The molecule has 1 aromatic rings. The third kappa shape index (κ3) is 4.84. The Kier molecular flexibility index (Phi) is 7.09. The first-order chi connectivity index (χ1) is 8.41. The lowest BCUT2D eigenvalue weighted by molar-refractivity contribution is 0.0739. The molecular weight excluding hydrogens is 260 g/mol. The molecule has 0 radical (unpaired) electrons. The highest BCUT2D eigenvalue weighted by Gasteiger charge is 2.22. The summed E-state index contributed by atoms with van der Waals surface area (Å²) < 4.78 is 0. The van der Waals surface area contributed by atoms with E-state index in [4.69, 9.17) is 5.73 Å². The van der Waals surface area contributed by atoms with Crippen LogP contribution in [0.3, 0.4) is 0 Å². The van der Waals surface area contributed by atoms with Gasteiger partial charge in [0.2, 0.25) is 0 Å². The van der Waals surface area contributed by atoms with Gasteiger partial charge in [0.15, 0.2) is 0 Å². The number of carbonyl (C=O) groups excluding carboxylic acids is 1. The predicted molar refractivity (Wildman–Crippen MR) is 82.9 cm³/mol. The van der Waals surface area contributed by atoms with Crippen LogP contribution in [0.4, 0.5) is 0 Å². The maximum Gasteiger partial charge on any atom is 0.253 e. The minimum atomic E-state index is -0.0500. The normalized spacial score (nSPS) is 10.8. The number of hydrogen-bond donors (Lipinski definition) is 1. The number of aryl methyl sites for hydroxylation is 1. The molecule has 0 saturated carbocycles. The maximum atomic E-state index is 12.4. The average Bonchev–Trinajstić information content (AvgIpc) is 2.37. The Morgan fingerprint density at radius 3 is 2.42 bits per heavy atom. The van der Waals surface area contributed by atoms with Crippen molar-refractivity contribution in [3.8, 4) is 0 Å². The van der Waals surface area contributed by atoms with Crippen molar-refractivity contribution in [1.82, 2.24) is 4.90 Å². The van der Waals surface area contributed by atoms with Crippen LogP contribution in [0.1, 0.15) is 36.7 Å². The van der Waals surface area contributed by atoms with Gasteiger partial charge in [-0.2, -0.15) is 0 Å². The molecule has 0 aromatic heterocycles. The molecule has 0 heterocycles. The van der Waals surface area contributed by atoms with E-state index >= 15 is 0 Å². The summed E-state index contributed by atoms with van der Waals surface area (Å²) in [6, 6.07) is 7.79. The Morgan fingerprint density at radius 2 is 1.89 bits per heavy atom. The lowest BCUT2D eigenvalue weighted by Gasteiger charge is -2.29. The molecule has 1 amide bonds. The molecule has 0 saturated heterocycles. The van der Waals surface area contributed by atoms with Crippen molar-refractivity contribution < 1.29 is 4.79 Å². The van der Waals surface area contributed by atoms with Crippen LogP contribution in [0.2, 0.25) is 0 Å². The molecule has 108 valence electrons. The zero-order chi connectivity index (χ0) is 13.8. The van der Waals surface area contributed by atoms with Gasteiger partial charge in [-0.05, 0) is 30.0 Å². The second kappa shape index (κ2) is 7.51. The highest BCUT2D eigenvalue weighted by atomic mass is 35.5. The molecule has 0 fully saturated rings. The van der Waals surface area contributed by atoms with Crippen LogP contribution in [0.25, 0.3) is 0 Å². The lowest BCUT2D eigenvalue weighted by atomic mass is 9.93. The molecule has 0 aliphatic carbocycles. The van der Waals surface area contributed by atoms with Gasteiger partial charge in [0.1, 0.15) is 0 Å². The topological polar surface area (TPSA) is 46.3 Å². The van der Waals surface area contributed by atoms with E-state index in [1.807, 2.05) is 31.3 Å². The lowest BCUT2D eigenvalue weighted by Crippen LogP contribution is -2.40. The van der Waals surface area contributed by atoms with Crippen LogP contribution in [0, 0.1) is 5.41 Å². The summed E-state index contributed by atoms with van der Waals surface area (Å²) in [5.41, 5.74) is 7.56. The fourth-order valence-electron chi connectivity index (χ4n) is 2.02. The summed E-state index contributed by atoms with van der Waals surface area (Å²) in [6.45, 7) is 7.45. The van der Waals surface area contributed by atoms with Crippen LogP contribution >= 0.6 is 12.4 Å². The van der Waals surface area contributed by atoms with Crippen molar-refractivity contribution >= 4 is 18.3 Å². The van der Waals surface area contributed by atoms with Gasteiger partial charge < -0.3 is 10.6 Å². The molecule has 0 spiro atoms. The Bertz CT molecular complexity index is 418. The molecule has 4 heteroatoms. The summed E-state index contributed by atoms with van der Waals surface area (Å²) in [4.78, 5) is 14.2. The minimum Gasteiger partial charge on any atom is -0.341 e. The number of carbonyl (C=O) groups is 1. The molecule has 0 aliphatic rings. The predicted octanol–water partition coefficient (Wildman–Crippen LogP) is 2.73. The van der Waals surface area contributed by atoms with Crippen LogP contribution in [0.15, 0.2) is 24.3 Å². The third-order valence-electron chi connectivity index (χ3n) is 3.19. The van der Waals surface area contributed by atoms with Gasteiger partial charge in [-0.15, -0.1) is 12.4 Å². The van der Waals surface area contributed by atoms with Crippen LogP contribution in [0.5, 0.6) is 0 Å². The number of rotatable bonds is 5. The first-order valence-electron chi connectivity index (χ1n) is 6.44. The summed E-state index contributed by atoms with van der Waals surface area (Å²) in [6.07, 6.45) is 0.871. The number of halogens is 1. The van der Waals surface area contributed by atoms with E-state index in [0.717, 1.165) is 17.5 Å². The van der Waals surface area contributed by atoms with Crippen molar-refractivity contribution in [1.29, 1.82) is 0 Å². The van der Waals surface area contributed by atoms with E-state index in [2.05, 4.69) is 20.8 Å². The standard InChI is InChI=1S/C15H24N2O.ClH/c1-5-12-8-6-7-9-13(12)14(18)17(4)11-15(2,3)10-16;/h6-9H,5,10-11,16H2,1-4H3;1H. The van der Waals surface area contributed by atoms with Crippen molar-refractivity contribution in [2.24, 2.45) is 11.1 Å². The van der Waals surface area contributed by atoms with E-state index in [-0.39, 0.29) is 23.7 Å². The molecule has 2 N–H and O–H groups in total. The van der Waals surface area contributed by atoms with Gasteiger partial charge in [0.25, 0.3) is 5.91 Å². The smallest absolute Gasteiger partial charge is 0.253 e. The first kappa shape index (κ1) is 17.9. The Balaban J connectivity index is 0.00000324. The molecular formula is C15H25ClN2O. The van der Waals surface area contributed by atoms with Crippen LogP contribution < -0.4 is 5.73 Å². The number of nitrogens with two attached hydrogens (primary N) is 1. The van der Waals surface area contributed by atoms with Gasteiger partial charge in [-0.3, -0.25) is 4.79 Å². The summed E-state index contributed by atoms with van der Waals surface area (Å²) in [5.74, 6) is 0.0778. The molecule has 3 nitrogen and oxygen atoms in total. The third-order valence-corrected chi connectivity index (χ3v) is 3.19. The fraction of sp³-hybridized carbons (Fsp3) is 0.533. The first-order valence-corrected chi connectivity index (χ1v) is 6.44. The highest BCUT2D eigenvalue weighted by Crippen LogP contribution is 2.17. The second-order valence-electron chi connectivity index (χ2n) is 5.54. The Hall–Kier alpha value is -1.06. The zero-order valence-corrected chi connectivity index (χ0v) is 13.1. The van der Waals surface area contributed by atoms with Gasteiger partial charge in [0.05, 0.1) is 0 Å². The summed E-state index contributed by atoms with van der Waals surface area (Å²) in [7, 11) is 1.84. The summed E-state index contributed by atoms with van der Waals surface area (Å²) >= 11 is 0. The van der Waals surface area contributed by atoms with E-state index in [1.54, 1.807) is 4.90 Å². The number of benzene rings is 1. The van der Waals surface area contributed by atoms with Crippen molar-refractivity contribution in [3.63, 3.8) is 0 Å². The van der Waals surface area contributed by atoms with Crippen LogP contribution in [-0.2, 0) is 6.42 Å². The Labute approximate surface area is 122 Å². The number of nitrogens with zero attached hydrogens (tertiary/aromatic N) is 1. The van der Waals surface area contributed by atoms with E-state index in [9.17, 15) is 4.79 Å².